The topological polar surface area (TPSA) is 27.7 Å². The first-order valence-electron chi connectivity index (χ1n) is 7.24. The Bertz CT molecular complexity index is 490. The minimum absolute atomic E-state index is 0.172. The quantitative estimate of drug-likeness (QED) is 0.743. The zero-order valence-corrected chi connectivity index (χ0v) is 13.0. The Morgan fingerprint density at radius 2 is 0.810 bits per heavy atom. The molecule has 0 N–H and O–H groups in total. The molecule has 3 heteroatoms. The molecule has 2 rings (SSSR count). The van der Waals surface area contributed by atoms with Crippen LogP contribution in [0.15, 0.2) is 48.5 Å². The Kier molecular flexibility index (Phi) is 5.09. The Labute approximate surface area is 126 Å². The van der Waals surface area contributed by atoms with Crippen molar-refractivity contribution >= 4 is 0 Å². The van der Waals surface area contributed by atoms with Crippen LogP contribution in [0.4, 0.5) is 0 Å². The molecule has 3 nitrogen and oxygen atoms in total. The molecule has 0 radical (unpaired) electrons. The zero-order chi connectivity index (χ0) is 15.2. The molecule has 0 bridgehead atoms. The van der Waals surface area contributed by atoms with Crippen molar-refractivity contribution < 1.29 is 14.2 Å². The molecule has 0 unspecified atom stereocenters. The van der Waals surface area contributed by atoms with Gasteiger partial charge in [-0.05, 0) is 76.2 Å². The first-order valence-corrected chi connectivity index (χ1v) is 7.24. The van der Waals surface area contributed by atoms with Gasteiger partial charge in [0, 0.05) is 0 Å². The Morgan fingerprint density at radius 1 is 0.524 bits per heavy atom. The summed E-state index contributed by atoms with van der Waals surface area (Å²) in [5, 5.41) is 0. The van der Waals surface area contributed by atoms with Gasteiger partial charge in [0.05, 0.1) is 12.2 Å². The minimum Gasteiger partial charge on any atom is -0.491 e. The molecule has 0 saturated carbocycles. The fraction of sp³-hybridized carbons (Fsp3) is 0.333. The smallest absolute Gasteiger partial charge is 0.127 e. The maximum Gasteiger partial charge on any atom is 0.127 e. The van der Waals surface area contributed by atoms with Gasteiger partial charge in [-0.15, -0.1) is 0 Å². The van der Waals surface area contributed by atoms with E-state index < -0.39 is 0 Å². The molecule has 21 heavy (non-hydrogen) atoms. The van der Waals surface area contributed by atoms with Crippen LogP contribution < -0.4 is 14.2 Å². The van der Waals surface area contributed by atoms with Crippen LogP contribution in [0, 0.1) is 0 Å². The van der Waals surface area contributed by atoms with E-state index in [1.165, 1.54) is 0 Å². The highest BCUT2D eigenvalue weighted by atomic mass is 16.5. The van der Waals surface area contributed by atoms with Crippen molar-refractivity contribution in [2.45, 2.75) is 39.9 Å². The molecule has 0 aliphatic rings. The molecule has 0 aliphatic carbocycles. The van der Waals surface area contributed by atoms with Gasteiger partial charge in [-0.3, -0.25) is 0 Å². The van der Waals surface area contributed by atoms with Crippen molar-refractivity contribution in [1.82, 2.24) is 0 Å². The molecule has 0 aromatic heterocycles. The van der Waals surface area contributed by atoms with E-state index in [1.54, 1.807) is 0 Å². The molecule has 2 aromatic carbocycles. The van der Waals surface area contributed by atoms with Crippen molar-refractivity contribution in [3.8, 4) is 23.0 Å². The van der Waals surface area contributed by atoms with Crippen LogP contribution in [0.25, 0.3) is 0 Å². The summed E-state index contributed by atoms with van der Waals surface area (Å²) in [4.78, 5) is 0. The summed E-state index contributed by atoms with van der Waals surface area (Å²) in [7, 11) is 0. The average molecular weight is 286 g/mol. The minimum atomic E-state index is 0.172. The Hall–Kier alpha value is -2.16. The van der Waals surface area contributed by atoms with E-state index in [-0.39, 0.29) is 12.2 Å². The maximum atomic E-state index is 5.79. The second-order valence-corrected chi connectivity index (χ2v) is 5.38. The maximum absolute atomic E-state index is 5.79. The van der Waals surface area contributed by atoms with E-state index in [0.717, 1.165) is 23.0 Å². The Balaban J connectivity index is 1.97. The highest BCUT2D eigenvalue weighted by Gasteiger charge is 2.02. The third-order valence-corrected chi connectivity index (χ3v) is 2.63. The normalized spacial score (nSPS) is 10.8. The van der Waals surface area contributed by atoms with Crippen LogP contribution in [-0.2, 0) is 0 Å². The van der Waals surface area contributed by atoms with Crippen molar-refractivity contribution in [3.05, 3.63) is 48.5 Å². The molecule has 2 aromatic rings. The molecule has 0 fully saturated rings. The van der Waals surface area contributed by atoms with Gasteiger partial charge in [-0.1, -0.05) is 0 Å². The predicted octanol–water partition coefficient (Wildman–Crippen LogP) is 5.05. The summed E-state index contributed by atoms with van der Waals surface area (Å²) in [5.74, 6) is 3.25. The summed E-state index contributed by atoms with van der Waals surface area (Å²) < 4.78 is 17.0. The summed E-state index contributed by atoms with van der Waals surface area (Å²) in [6, 6.07) is 15.2. The molecule has 0 amide bonds. The van der Waals surface area contributed by atoms with Crippen LogP contribution in [0.2, 0.25) is 0 Å². The summed E-state index contributed by atoms with van der Waals surface area (Å²) in [6.07, 6.45) is 0.343. The Morgan fingerprint density at radius 3 is 1.10 bits per heavy atom. The number of benzene rings is 2. The lowest BCUT2D eigenvalue weighted by atomic mass is 10.3. The second kappa shape index (κ2) is 7.02. The fourth-order valence-corrected chi connectivity index (χ4v) is 1.85. The zero-order valence-electron chi connectivity index (χ0n) is 13.0. The summed E-state index contributed by atoms with van der Waals surface area (Å²) >= 11 is 0. The lowest BCUT2D eigenvalue weighted by Crippen LogP contribution is -2.05. The van der Waals surface area contributed by atoms with Gasteiger partial charge < -0.3 is 14.2 Å². The van der Waals surface area contributed by atoms with Gasteiger partial charge in [0.1, 0.15) is 23.0 Å². The molecule has 112 valence electrons. The molecule has 0 aliphatic heterocycles. The third kappa shape index (κ3) is 5.03. The number of hydrogen-bond donors (Lipinski definition) is 0. The van der Waals surface area contributed by atoms with E-state index >= 15 is 0 Å². The lowest BCUT2D eigenvalue weighted by Gasteiger charge is -2.12. The summed E-state index contributed by atoms with van der Waals surface area (Å²) in [5.41, 5.74) is 0. The van der Waals surface area contributed by atoms with E-state index in [2.05, 4.69) is 0 Å². The molecule has 0 heterocycles. The number of ether oxygens (including phenoxy) is 3. The largest absolute Gasteiger partial charge is 0.491 e. The molecule has 0 saturated heterocycles. The van der Waals surface area contributed by atoms with E-state index in [1.807, 2.05) is 76.2 Å². The number of hydrogen-bond acceptors (Lipinski definition) is 3. The fourth-order valence-electron chi connectivity index (χ4n) is 1.85. The highest BCUT2D eigenvalue weighted by molar-refractivity contribution is 5.37. The van der Waals surface area contributed by atoms with Gasteiger partial charge in [-0.25, -0.2) is 0 Å². The van der Waals surface area contributed by atoms with Crippen molar-refractivity contribution in [2.24, 2.45) is 0 Å². The SMILES string of the molecule is CC(C)Oc1ccc(Oc2ccc(OC(C)C)cc2)cc1. The predicted molar refractivity (Wildman–Crippen MR) is 84.5 cm³/mol. The monoisotopic (exact) mass is 286 g/mol. The van der Waals surface area contributed by atoms with Crippen LogP contribution in [0.5, 0.6) is 23.0 Å². The third-order valence-electron chi connectivity index (χ3n) is 2.63. The lowest BCUT2D eigenvalue weighted by molar-refractivity contribution is 0.242. The second-order valence-electron chi connectivity index (χ2n) is 5.38. The van der Waals surface area contributed by atoms with Crippen molar-refractivity contribution in [1.29, 1.82) is 0 Å². The standard InChI is InChI=1S/C18H22O3/c1-13(2)19-15-5-9-17(10-6-15)21-18-11-7-16(8-12-18)20-14(3)4/h5-14H,1-4H3. The van der Waals surface area contributed by atoms with Gasteiger partial charge in [-0.2, -0.15) is 0 Å². The van der Waals surface area contributed by atoms with Crippen LogP contribution in [0.3, 0.4) is 0 Å². The highest BCUT2D eigenvalue weighted by Crippen LogP contribution is 2.26. The molecule has 0 spiro atoms. The van der Waals surface area contributed by atoms with Gasteiger partial charge in [0.25, 0.3) is 0 Å². The van der Waals surface area contributed by atoms with Gasteiger partial charge in [0.15, 0.2) is 0 Å². The van der Waals surface area contributed by atoms with E-state index in [0.29, 0.717) is 0 Å². The molecule has 0 atom stereocenters. The average Bonchev–Trinajstić information content (AvgIpc) is 2.42. The first-order chi connectivity index (χ1) is 10.0. The van der Waals surface area contributed by atoms with Crippen molar-refractivity contribution in [3.63, 3.8) is 0 Å². The van der Waals surface area contributed by atoms with Crippen LogP contribution in [0.1, 0.15) is 27.7 Å². The van der Waals surface area contributed by atoms with Crippen LogP contribution >= 0.6 is 0 Å². The van der Waals surface area contributed by atoms with E-state index in [4.69, 9.17) is 14.2 Å². The number of rotatable bonds is 6. The van der Waals surface area contributed by atoms with Gasteiger partial charge >= 0.3 is 0 Å². The summed E-state index contributed by atoms with van der Waals surface area (Å²) in [6.45, 7) is 8.02. The molecular formula is C18H22O3. The van der Waals surface area contributed by atoms with E-state index in [9.17, 15) is 0 Å². The van der Waals surface area contributed by atoms with Gasteiger partial charge in [0.2, 0.25) is 0 Å². The first kappa shape index (κ1) is 15.2. The van der Waals surface area contributed by atoms with Crippen LogP contribution in [-0.4, -0.2) is 12.2 Å². The molecular weight excluding hydrogens is 264 g/mol. The van der Waals surface area contributed by atoms with Crippen molar-refractivity contribution in [2.75, 3.05) is 0 Å².